The number of rotatable bonds is 7. The van der Waals surface area contributed by atoms with Crippen LogP contribution < -0.4 is 0 Å². The molecule has 1 nitrogen and oxygen atoms in total. The van der Waals surface area contributed by atoms with Crippen LogP contribution in [-0.2, 0) is 0 Å². The molecule has 1 N–H and O–H groups in total. The molecule has 0 aromatic carbocycles. The lowest BCUT2D eigenvalue weighted by atomic mass is 10.1. The Balaban J connectivity index is 3.25. The van der Waals surface area contributed by atoms with Crippen molar-refractivity contribution in [3.8, 4) is 0 Å². The topological polar surface area (TPSA) is 20.2 Å². The summed E-state index contributed by atoms with van der Waals surface area (Å²) in [6.45, 7) is 4.44. The molecule has 0 aliphatic carbocycles. The zero-order valence-electron chi connectivity index (χ0n) is 7.97. The Kier molecular flexibility index (Phi) is 8.41. The van der Waals surface area contributed by atoms with E-state index in [-0.39, 0.29) is 0 Å². The second-order valence-electron chi connectivity index (χ2n) is 3.33. The summed E-state index contributed by atoms with van der Waals surface area (Å²) in [5, 5.41) is 0. The van der Waals surface area contributed by atoms with Gasteiger partial charge in [-0.3, -0.25) is 0 Å². The molecule has 0 spiro atoms. The highest BCUT2D eigenvalue weighted by Gasteiger charge is 2.05. The van der Waals surface area contributed by atoms with Gasteiger partial charge in [0, 0.05) is 0 Å². The first-order valence-electron chi connectivity index (χ1n) is 4.96. The van der Waals surface area contributed by atoms with Gasteiger partial charge >= 0.3 is 0 Å². The third-order valence-corrected chi connectivity index (χ3v) is 3.52. The summed E-state index contributed by atoms with van der Waals surface area (Å²) < 4.78 is 0. The summed E-state index contributed by atoms with van der Waals surface area (Å²) in [4.78, 5) is 9.12. The van der Waals surface area contributed by atoms with Crippen LogP contribution in [0.4, 0.5) is 0 Å². The lowest BCUT2D eigenvalue weighted by Gasteiger charge is -2.11. The first-order valence-corrected chi connectivity index (χ1v) is 6.40. The molecule has 0 heterocycles. The molecule has 2 heteroatoms. The van der Waals surface area contributed by atoms with Crippen molar-refractivity contribution >= 4 is 9.76 Å². The molecule has 0 radical (unpaired) electrons. The van der Waals surface area contributed by atoms with Crippen molar-refractivity contribution in [3.05, 3.63) is 0 Å². The summed E-state index contributed by atoms with van der Waals surface area (Å²) >= 11 is 0. The van der Waals surface area contributed by atoms with E-state index >= 15 is 0 Å². The van der Waals surface area contributed by atoms with E-state index in [9.17, 15) is 0 Å². The summed E-state index contributed by atoms with van der Waals surface area (Å²) in [5.74, 6) is 0. The predicted octanol–water partition coefficient (Wildman–Crippen LogP) is 2.23. The largest absolute Gasteiger partial charge is 0.438 e. The Bertz CT molecular complexity index is 68.0. The minimum absolute atomic E-state index is 0.713. The van der Waals surface area contributed by atoms with Gasteiger partial charge < -0.3 is 4.80 Å². The maximum absolute atomic E-state index is 9.12. The minimum atomic E-state index is -0.713. The van der Waals surface area contributed by atoms with Crippen LogP contribution in [-0.4, -0.2) is 14.6 Å². The highest BCUT2D eigenvalue weighted by molar-refractivity contribution is 6.27. The van der Waals surface area contributed by atoms with Crippen molar-refractivity contribution in [1.82, 2.24) is 0 Å². The van der Waals surface area contributed by atoms with Crippen molar-refractivity contribution in [2.24, 2.45) is 0 Å². The molecule has 0 fully saturated rings. The van der Waals surface area contributed by atoms with Gasteiger partial charge in [0.1, 0.15) is 0 Å². The van der Waals surface area contributed by atoms with E-state index in [1.807, 2.05) is 0 Å². The summed E-state index contributed by atoms with van der Waals surface area (Å²) in [7, 11) is -0.713. The van der Waals surface area contributed by atoms with Gasteiger partial charge in [-0.1, -0.05) is 52.4 Å². The van der Waals surface area contributed by atoms with Crippen molar-refractivity contribution < 1.29 is 4.80 Å². The molecule has 0 aromatic heterocycles. The Morgan fingerprint density at radius 1 is 1.09 bits per heavy atom. The van der Waals surface area contributed by atoms with Crippen LogP contribution in [0.15, 0.2) is 0 Å². The van der Waals surface area contributed by atoms with Crippen molar-refractivity contribution in [1.29, 1.82) is 0 Å². The van der Waals surface area contributed by atoms with Gasteiger partial charge in [0.15, 0.2) is 9.76 Å². The first-order chi connectivity index (χ1) is 5.35. The molecule has 0 aliphatic rings. The van der Waals surface area contributed by atoms with Gasteiger partial charge in [-0.25, -0.2) is 0 Å². The van der Waals surface area contributed by atoms with Crippen LogP contribution in [0.2, 0.25) is 5.54 Å². The third-order valence-electron chi connectivity index (χ3n) is 2.19. The zero-order valence-corrected chi connectivity index (χ0v) is 9.39. The van der Waals surface area contributed by atoms with Crippen LogP contribution in [0, 0.1) is 0 Å². The summed E-state index contributed by atoms with van der Waals surface area (Å²) in [6.07, 6.45) is 7.72. The zero-order chi connectivity index (χ0) is 8.53. The Morgan fingerprint density at radius 2 is 1.55 bits per heavy atom. The Hall–Kier alpha value is 0.177. The Morgan fingerprint density at radius 3 is 1.82 bits per heavy atom. The van der Waals surface area contributed by atoms with Gasteiger partial charge in [0.2, 0.25) is 0 Å². The third kappa shape index (κ3) is 6.57. The van der Waals surface area contributed by atoms with Gasteiger partial charge in [-0.2, -0.15) is 0 Å². The van der Waals surface area contributed by atoms with Crippen LogP contribution in [0.25, 0.3) is 0 Å². The molecular weight excluding hydrogens is 152 g/mol. The second-order valence-corrected chi connectivity index (χ2v) is 4.85. The van der Waals surface area contributed by atoms with E-state index in [4.69, 9.17) is 4.80 Å². The van der Waals surface area contributed by atoms with Gasteiger partial charge in [-0.15, -0.1) is 0 Å². The van der Waals surface area contributed by atoms with Crippen LogP contribution in [0.5, 0.6) is 0 Å². The summed E-state index contributed by atoms with van der Waals surface area (Å²) in [5.41, 5.74) is 0.717. The molecule has 0 unspecified atom stereocenters. The van der Waals surface area contributed by atoms with Crippen LogP contribution in [0.3, 0.4) is 0 Å². The second kappa shape index (κ2) is 8.28. The average Bonchev–Trinajstić information content (AvgIpc) is 2.05. The fourth-order valence-corrected chi connectivity index (χ4v) is 2.26. The summed E-state index contributed by atoms with van der Waals surface area (Å²) in [6, 6.07) is 0. The predicted molar refractivity (Wildman–Crippen MR) is 53.6 cm³/mol. The minimum Gasteiger partial charge on any atom is -0.438 e. The highest BCUT2D eigenvalue weighted by atomic mass is 28.2. The van der Waals surface area contributed by atoms with Gasteiger partial charge in [0.05, 0.1) is 0 Å². The SMILES string of the molecule is CCCCC(CCCC)[SiH2]O. The van der Waals surface area contributed by atoms with E-state index in [1.54, 1.807) is 0 Å². The molecular formula is C9H22OSi. The standard InChI is InChI=1S/C9H22OSi/c1-3-5-7-9(11-10)8-6-4-2/h9-10H,3-8,11H2,1-2H3. The molecule has 0 bridgehead atoms. The lowest BCUT2D eigenvalue weighted by molar-refractivity contribution is 0.523. The van der Waals surface area contributed by atoms with Crippen molar-refractivity contribution in [3.63, 3.8) is 0 Å². The molecule has 11 heavy (non-hydrogen) atoms. The van der Waals surface area contributed by atoms with Gasteiger partial charge in [0.25, 0.3) is 0 Å². The Labute approximate surface area is 73.2 Å². The van der Waals surface area contributed by atoms with E-state index in [0.717, 1.165) is 5.54 Å². The fraction of sp³-hybridized carbons (Fsp3) is 1.00. The normalized spacial score (nSPS) is 12.0. The molecule has 0 amide bonds. The molecule has 0 atom stereocenters. The van der Waals surface area contributed by atoms with Crippen molar-refractivity contribution in [2.45, 2.75) is 57.9 Å². The molecule has 0 aliphatic heterocycles. The van der Waals surface area contributed by atoms with E-state index in [0.29, 0.717) is 0 Å². The molecule has 0 saturated carbocycles. The van der Waals surface area contributed by atoms with E-state index in [1.165, 1.54) is 38.5 Å². The number of unbranched alkanes of at least 4 members (excludes halogenated alkanes) is 2. The van der Waals surface area contributed by atoms with E-state index in [2.05, 4.69) is 13.8 Å². The van der Waals surface area contributed by atoms with E-state index < -0.39 is 9.76 Å². The lowest BCUT2D eigenvalue weighted by Crippen LogP contribution is -2.02. The molecule has 0 saturated heterocycles. The quantitative estimate of drug-likeness (QED) is 0.587. The molecule has 0 aromatic rings. The van der Waals surface area contributed by atoms with Gasteiger partial charge in [-0.05, 0) is 5.54 Å². The smallest absolute Gasteiger partial charge is 0.159 e. The number of hydrogen-bond acceptors (Lipinski definition) is 1. The number of hydrogen-bond donors (Lipinski definition) is 1. The highest BCUT2D eigenvalue weighted by Crippen LogP contribution is 2.19. The molecule has 0 rings (SSSR count). The van der Waals surface area contributed by atoms with Crippen LogP contribution >= 0.6 is 0 Å². The van der Waals surface area contributed by atoms with Crippen LogP contribution in [0.1, 0.15) is 52.4 Å². The molecule has 68 valence electrons. The monoisotopic (exact) mass is 174 g/mol. The maximum Gasteiger partial charge on any atom is 0.159 e. The fourth-order valence-electron chi connectivity index (χ4n) is 1.31. The first kappa shape index (κ1) is 11.2. The maximum atomic E-state index is 9.12. The van der Waals surface area contributed by atoms with Crippen molar-refractivity contribution in [2.75, 3.05) is 0 Å². The average molecular weight is 174 g/mol.